The number of esters is 1. The molecule has 2 aromatic heterocycles. The third-order valence-corrected chi connectivity index (χ3v) is 5.90. The predicted octanol–water partition coefficient (Wildman–Crippen LogP) is 3.37. The molecule has 0 atom stereocenters. The van der Waals surface area contributed by atoms with Crippen LogP contribution >= 0.6 is 11.3 Å². The molecule has 0 amide bonds. The second-order valence-electron chi connectivity index (χ2n) is 6.61. The summed E-state index contributed by atoms with van der Waals surface area (Å²) < 4.78 is 10.4. The molecular formula is C20H20N2O4S. The number of benzene rings is 1. The van der Waals surface area contributed by atoms with Crippen molar-refractivity contribution in [2.24, 2.45) is 0 Å². The molecule has 140 valence electrons. The fraction of sp³-hybridized carbons (Fsp3) is 0.350. The monoisotopic (exact) mass is 384 g/mol. The number of rotatable bonds is 5. The molecule has 1 aromatic carbocycles. The van der Waals surface area contributed by atoms with Gasteiger partial charge >= 0.3 is 5.97 Å². The minimum absolute atomic E-state index is 0.0631. The van der Waals surface area contributed by atoms with Crippen LogP contribution in [0.5, 0.6) is 0 Å². The zero-order valence-electron chi connectivity index (χ0n) is 15.0. The fourth-order valence-corrected chi connectivity index (χ4v) is 4.68. The van der Waals surface area contributed by atoms with Crippen LogP contribution in [0.2, 0.25) is 0 Å². The number of thiophene rings is 1. The zero-order valence-corrected chi connectivity index (χ0v) is 15.9. The highest BCUT2D eigenvalue weighted by atomic mass is 32.1. The summed E-state index contributed by atoms with van der Waals surface area (Å²) >= 11 is 1.58. The van der Waals surface area contributed by atoms with Crippen LogP contribution in [-0.4, -0.2) is 23.0 Å². The number of H-pyrrole nitrogens is 1. The highest BCUT2D eigenvalue weighted by Gasteiger charge is 2.20. The van der Waals surface area contributed by atoms with Gasteiger partial charge in [0.25, 0.3) is 5.56 Å². The van der Waals surface area contributed by atoms with E-state index in [0.29, 0.717) is 23.4 Å². The second-order valence-corrected chi connectivity index (χ2v) is 7.69. The molecule has 3 aromatic rings. The van der Waals surface area contributed by atoms with Crippen molar-refractivity contribution < 1.29 is 14.3 Å². The van der Waals surface area contributed by atoms with E-state index >= 15 is 0 Å². The molecule has 0 saturated carbocycles. The molecule has 0 spiro atoms. The first-order valence-corrected chi connectivity index (χ1v) is 9.76. The largest absolute Gasteiger partial charge is 0.454 e. The van der Waals surface area contributed by atoms with Crippen molar-refractivity contribution >= 4 is 27.5 Å². The van der Waals surface area contributed by atoms with Gasteiger partial charge in [-0.1, -0.05) is 12.1 Å². The van der Waals surface area contributed by atoms with E-state index in [1.54, 1.807) is 30.6 Å². The number of aromatic nitrogens is 2. The summed E-state index contributed by atoms with van der Waals surface area (Å²) in [5.74, 6) is -0.0809. The van der Waals surface area contributed by atoms with E-state index in [2.05, 4.69) is 9.97 Å². The molecule has 0 saturated heterocycles. The molecule has 0 aliphatic heterocycles. The Morgan fingerprint density at radius 3 is 2.74 bits per heavy atom. The number of nitrogens with zero attached hydrogens (tertiary/aromatic N) is 1. The number of carbonyl (C=O) groups is 1. The highest BCUT2D eigenvalue weighted by Crippen LogP contribution is 2.33. The van der Waals surface area contributed by atoms with Gasteiger partial charge < -0.3 is 14.5 Å². The van der Waals surface area contributed by atoms with Gasteiger partial charge in [-0.3, -0.25) is 4.79 Å². The number of aromatic amines is 1. The van der Waals surface area contributed by atoms with E-state index in [9.17, 15) is 9.59 Å². The molecule has 1 aliphatic carbocycles. The number of nitrogens with one attached hydrogen (secondary N) is 1. The van der Waals surface area contributed by atoms with Crippen LogP contribution in [0.1, 0.15) is 45.0 Å². The number of carbonyl (C=O) groups excluding carboxylic acids is 1. The number of aryl methyl sites for hydroxylation is 2. The van der Waals surface area contributed by atoms with E-state index in [0.717, 1.165) is 41.6 Å². The van der Waals surface area contributed by atoms with Gasteiger partial charge in [0.2, 0.25) is 0 Å². The van der Waals surface area contributed by atoms with Gasteiger partial charge in [0, 0.05) is 12.0 Å². The average molecular weight is 384 g/mol. The van der Waals surface area contributed by atoms with Crippen molar-refractivity contribution in [2.75, 3.05) is 7.11 Å². The van der Waals surface area contributed by atoms with Crippen LogP contribution in [-0.2, 0) is 35.5 Å². The Kier molecular flexibility index (Phi) is 5.05. The Labute approximate surface area is 160 Å². The van der Waals surface area contributed by atoms with Gasteiger partial charge in [0.15, 0.2) is 0 Å². The molecule has 6 nitrogen and oxygen atoms in total. The molecular weight excluding hydrogens is 364 g/mol. The van der Waals surface area contributed by atoms with E-state index in [-0.39, 0.29) is 12.2 Å². The topological polar surface area (TPSA) is 81.3 Å². The summed E-state index contributed by atoms with van der Waals surface area (Å²) in [5, 5.41) is 0.707. The number of methoxy groups -OCH3 is 1. The summed E-state index contributed by atoms with van der Waals surface area (Å²) in [4.78, 5) is 34.0. The van der Waals surface area contributed by atoms with Crippen LogP contribution in [0.25, 0.3) is 10.2 Å². The van der Waals surface area contributed by atoms with Crippen molar-refractivity contribution in [1.29, 1.82) is 0 Å². The van der Waals surface area contributed by atoms with Gasteiger partial charge in [0.1, 0.15) is 17.3 Å². The summed E-state index contributed by atoms with van der Waals surface area (Å²) in [6, 6.07) is 7.04. The molecule has 1 aliphatic rings. The Bertz CT molecular complexity index is 1040. The van der Waals surface area contributed by atoms with Gasteiger partial charge in [-0.25, -0.2) is 9.78 Å². The molecule has 4 rings (SSSR count). The lowest BCUT2D eigenvalue weighted by molar-refractivity contribution is 0.0462. The van der Waals surface area contributed by atoms with Crippen LogP contribution in [0.15, 0.2) is 29.1 Å². The minimum atomic E-state index is -0.452. The lowest BCUT2D eigenvalue weighted by Gasteiger charge is -2.09. The summed E-state index contributed by atoms with van der Waals surface area (Å²) in [6.45, 7) is 0.428. The third kappa shape index (κ3) is 3.65. The van der Waals surface area contributed by atoms with Crippen LogP contribution in [0, 0.1) is 0 Å². The van der Waals surface area contributed by atoms with Gasteiger partial charge in [-0.2, -0.15) is 0 Å². The van der Waals surface area contributed by atoms with Crippen LogP contribution in [0.4, 0.5) is 0 Å². The second kappa shape index (κ2) is 7.62. The Morgan fingerprint density at radius 2 is 1.96 bits per heavy atom. The summed E-state index contributed by atoms with van der Waals surface area (Å²) in [6.07, 6.45) is 4.22. The van der Waals surface area contributed by atoms with Crippen molar-refractivity contribution in [1.82, 2.24) is 9.97 Å². The van der Waals surface area contributed by atoms with Crippen molar-refractivity contribution in [3.63, 3.8) is 0 Å². The van der Waals surface area contributed by atoms with Crippen LogP contribution in [0.3, 0.4) is 0 Å². The summed E-state index contributed by atoms with van der Waals surface area (Å²) in [7, 11) is 1.62. The minimum Gasteiger partial charge on any atom is -0.454 e. The molecule has 0 bridgehead atoms. The van der Waals surface area contributed by atoms with Crippen molar-refractivity contribution in [2.45, 2.75) is 38.9 Å². The predicted molar refractivity (Wildman–Crippen MR) is 103 cm³/mol. The van der Waals surface area contributed by atoms with Gasteiger partial charge in [-0.05, 0) is 48.9 Å². The molecule has 0 radical (unpaired) electrons. The molecule has 27 heavy (non-hydrogen) atoms. The molecule has 2 heterocycles. The Morgan fingerprint density at radius 1 is 1.19 bits per heavy atom. The van der Waals surface area contributed by atoms with Crippen LogP contribution < -0.4 is 5.56 Å². The molecule has 1 N–H and O–H groups in total. The third-order valence-electron chi connectivity index (χ3n) is 4.71. The quantitative estimate of drug-likeness (QED) is 0.682. The van der Waals surface area contributed by atoms with E-state index in [4.69, 9.17) is 9.47 Å². The lowest BCUT2D eigenvalue weighted by atomic mass is 9.97. The molecule has 0 unspecified atom stereocenters. The normalized spacial score (nSPS) is 13.5. The Balaban J connectivity index is 1.50. The maximum Gasteiger partial charge on any atom is 0.338 e. The van der Waals surface area contributed by atoms with E-state index < -0.39 is 5.97 Å². The SMILES string of the molecule is COCc1ccc(C(=O)OCc2nc3sc4c(c3c(=O)[nH]2)CCCC4)cc1. The number of fused-ring (bicyclic) bond motifs is 3. The number of ether oxygens (including phenoxy) is 2. The Hall–Kier alpha value is -2.51. The maximum absolute atomic E-state index is 12.5. The van der Waals surface area contributed by atoms with Gasteiger partial charge in [0.05, 0.1) is 17.6 Å². The first-order valence-electron chi connectivity index (χ1n) is 8.94. The highest BCUT2D eigenvalue weighted by molar-refractivity contribution is 7.18. The first-order chi connectivity index (χ1) is 13.2. The zero-order chi connectivity index (χ0) is 18.8. The van der Waals surface area contributed by atoms with E-state index in [1.807, 2.05) is 12.1 Å². The van der Waals surface area contributed by atoms with Gasteiger partial charge in [-0.15, -0.1) is 11.3 Å². The van der Waals surface area contributed by atoms with Crippen molar-refractivity contribution in [3.8, 4) is 0 Å². The maximum atomic E-state index is 12.5. The standard InChI is InChI=1S/C20H20N2O4S/c1-25-10-12-6-8-13(9-7-12)20(24)26-11-16-21-18(23)17-14-4-2-3-5-15(14)27-19(17)22-16/h6-9H,2-5,10-11H2,1H3,(H,21,22,23). The fourth-order valence-electron chi connectivity index (χ4n) is 3.40. The summed E-state index contributed by atoms with van der Waals surface area (Å²) in [5.41, 5.74) is 2.43. The number of hydrogen-bond acceptors (Lipinski definition) is 6. The first kappa shape index (κ1) is 17.9. The smallest absolute Gasteiger partial charge is 0.338 e. The molecule has 7 heteroatoms. The number of hydrogen-bond donors (Lipinski definition) is 1. The van der Waals surface area contributed by atoms with Crippen molar-refractivity contribution in [3.05, 3.63) is 62.0 Å². The molecule has 0 fully saturated rings. The lowest BCUT2D eigenvalue weighted by Crippen LogP contribution is -2.15. The van der Waals surface area contributed by atoms with E-state index in [1.165, 1.54) is 4.88 Å². The average Bonchev–Trinajstić information content (AvgIpc) is 3.06.